The van der Waals surface area contributed by atoms with E-state index in [4.69, 9.17) is 21.1 Å². The molecule has 114 valence electrons. The van der Waals surface area contributed by atoms with Gasteiger partial charge in [-0.05, 0) is 28.1 Å². The van der Waals surface area contributed by atoms with Crippen molar-refractivity contribution in [3.63, 3.8) is 0 Å². The normalized spacial score (nSPS) is 29.8. The van der Waals surface area contributed by atoms with Gasteiger partial charge in [0.05, 0.1) is 22.5 Å². The molecule has 3 rings (SSSR count). The summed E-state index contributed by atoms with van der Waals surface area (Å²) in [6, 6.07) is 3.63. The molecule has 6 nitrogen and oxygen atoms in total. The molecule has 0 bridgehead atoms. The smallest absolute Gasteiger partial charge is 0.229 e. The van der Waals surface area contributed by atoms with Gasteiger partial charge in [-0.1, -0.05) is 11.6 Å². The van der Waals surface area contributed by atoms with Gasteiger partial charge in [-0.25, -0.2) is 0 Å². The van der Waals surface area contributed by atoms with Crippen LogP contribution in [0.5, 0.6) is 5.75 Å². The molecule has 1 aliphatic heterocycles. The van der Waals surface area contributed by atoms with E-state index >= 15 is 0 Å². The van der Waals surface area contributed by atoms with Crippen LogP contribution in [-0.4, -0.2) is 51.5 Å². The summed E-state index contributed by atoms with van der Waals surface area (Å²) in [7, 11) is 0. The molecule has 4 atom stereocenters. The number of hydrogen-bond acceptors (Lipinski definition) is 5. The van der Waals surface area contributed by atoms with Crippen LogP contribution in [0.2, 0.25) is 5.02 Å². The zero-order valence-electron chi connectivity index (χ0n) is 10.7. The van der Waals surface area contributed by atoms with Crippen LogP contribution in [0.4, 0.5) is 0 Å². The van der Waals surface area contributed by atoms with Gasteiger partial charge < -0.3 is 29.8 Å². The molecule has 2 heterocycles. The lowest BCUT2D eigenvalue weighted by Gasteiger charge is -2.34. The Hall–Kier alpha value is -0.830. The molecule has 1 fully saturated rings. The second-order valence-corrected chi connectivity index (χ2v) is 6.04. The Kier molecular flexibility index (Phi) is 4.13. The van der Waals surface area contributed by atoms with E-state index < -0.39 is 24.6 Å². The van der Waals surface area contributed by atoms with Crippen LogP contribution < -0.4 is 4.74 Å². The van der Waals surface area contributed by atoms with Gasteiger partial charge in [0, 0.05) is 10.7 Å². The van der Waals surface area contributed by atoms with Crippen LogP contribution in [-0.2, 0) is 4.74 Å². The molecule has 4 N–H and O–H groups in total. The molecule has 0 unspecified atom stereocenters. The van der Waals surface area contributed by atoms with Gasteiger partial charge in [-0.3, -0.25) is 0 Å². The van der Waals surface area contributed by atoms with E-state index in [0.29, 0.717) is 20.6 Å². The van der Waals surface area contributed by atoms with Crippen LogP contribution in [0.3, 0.4) is 0 Å². The number of ether oxygens (including phenoxy) is 2. The van der Waals surface area contributed by atoms with Crippen molar-refractivity contribution in [2.24, 2.45) is 0 Å². The van der Waals surface area contributed by atoms with E-state index in [1.54, 1.807) is 12.3 Å². The maximum atomic E-state index is 9.89. The second-order valence-electron chi connectivity index (χ2n) is 4.80. The Balaban J connectivity index is 1.90. The molecule has 8 heteroatoms. The molecular weight excluding hydrogens is 366 g/mol. The van der Waals surface area contributed by atoms with E-state index in [-0.39, 0.29) is 6.61 Å². The van der Waals surface area contributed by atoms with Crippen LogP contribution >= 0.6 is 27.5 Å². The molecular formula is C13H13BrClNO5. The van der Waals surface area contributed by atoms with Crippen LogP contribution in [0.1, 0.15) is 0 Å². The number of aromatic nitrogens is 1. The third kappa shape index (κ3) is 2.65. The van der Waals surface area contributed by atoms with Gasteiger partial charge in [0.1, 0.15) is 24.1 Å². The van der Waals surface area contributed by atoms with Crippen molar-refractivity contribution in [2.45, 2.75) is 24.6 Å². The number of H-pyrrole nitrogens is 1. The first kappa shape index (κ1) is 15.1. The number of fused-ring (bicyclic) bond motifs is 1. The Bertz CT molecular complexity index is 663. The summed E-state index contributed by atoms with van der Waals surface area (Å²) in [5, 5.41) is 30.1. The summed E-state index contributed by atoms with van der Waals surface area (Å²) in [5.74, 6) is 0.393. The van der Waals surface area contributed by atoms with Crippen molar-refractivity contribution in [2.75, 3.05) is 6.61 Å². The van der Waals surface area contributed by atoms with Crippen molar-refractivity contribution in [3.05, 3.63) is 27.8 Å². The van der Waals surface area contributed by atoms with Crippen LogP contribution in [0.15, 0.2) is 22.8 Å². The fourth-order valence-corrected chi connectivity index (χ4v) is 2.82. The number of aromatic amines is 1. The van der Waals surface area contributed by atoms with Crippen LogP contribution in [0, 0.1) is 0 Å². The number of aliphatic hydroxyl groups excluding tert-OH is 3. The Labute approximate surface area is 133 Å². The van der Waals surface area contributed by atoms with Gasteiger partial charge in [0.15, 0.2) is 0 Å². The standard InChI is InChI=1S/C13H13BrClNO5/c14-5-1-2-6-9(10(5)15)8(3-16-6)21-13-12(19)11(18)7(17)4-20-13/h1-3,7,11-13,16-19H,4H2/t7-,11+,12-,13-/m1/s1. The fraction of sp³-hybridized carbons (Fsp3) is 0.385. The largest absolute Gasteiger partial charge is 0.460 e. The number of aliphatic hydroxyl groups is 3. The lowest BCUT2D eigenvalue weighted by atomic mass is 10.1. The molecule has 0 spiro atoms. The van der Waals surface area contributed by atoms with Gasteiger partial charge in [-0.15, -0.1) is 0 Å². The summed E-state index contributed by atoms with van der Waals surface area (Å²) in [6.45, 7) is -0.122. The number of benzene rings is 1. The number of nitrogens with one attached hydrogen (secondary N) is 1. The fourth-order valence-electron chi connectivity index (χ4n) is 2.23. The summed E-state index contributed by atoms with van der Waals surface area (Å²) < 4.78 is 11.5. The molecule has 2 aromatic rings. The molecule has 1 aromatic carbocycles. The minimum Gasteiger partial charge on any atom is -0.460 e. The molecule has 1 aromatic heterocycles. The van der Waals surface area contributed by atoms with Gasteiger partial charge >= 0.3 is 0 Å². The molecule has 0 radical (unpaired) electrons. The van der Waals surface area contributed by atoms with E-state index in [9.17, 15) is 15.3 Å². The van der Waals surface area contributed by atoms with Crippen molar-refractivity contribution >= 4 is 38.4 Å². The molecule has 0 aliphatic carbocycles. The van der Waals surface area contributed by atoms with Crippen LogP contribution in [0.25, 0.3) is 10.9 Å². The summed E-state index contributed by atoms with van der Waals surface area (Å²) in [6.07, 6.45) is -3.31. The number of halogens is 2. The topological polar surface area (TPSA) is 94.9 Å². The first-order valence-electron chi connectivity index (χ1n) is 6.26. The molecule has 1 aliphatic rings. The highest BCUT2D eigenvalue weighted by atomic mass is 79.9. The molecule has 21 heavy (non-hydrogen) atoms. The van der Waals surface area contributed by atoms with Gasteiger partial charge in [-0.2, -0.15) is 0 Å². The summed E-state index contributed by atoms with van der Waals surface area (Å²) in [5.41, 5.74) is 0.768. The number of hydrogen-bond donors (Lipinski definition) is 4. The van der Waals surface area contributed by atoms with Crippen molar-refractivity contribution < 1.29 is 24.8 Å². The third-order valence-corrected chi connectivity index (χ3v) is 4.68. The maximum absolute atomic E-state index is 9.89. The quantitative estimate of drug-likeness (QED) is 0.634. The lowest BCUT2D eigenvalue weighted by Crippen LogP contribution is -2.54. The summed E-state index contributed by atoms with van der Waals surface area (Å²) in [4.78, 5) is 3.00. The molecule has 0 saturated carbocycles. The highest BCUT2D eigenvalue weighted by Crippen LogP contribution is 2.37. The molecule has 1 saturated heterocycles. The first-order valence-corrected chi connectivity index (χ1v) is 7.43. The Morgan fingerprint density at radius 3 is 2.81 bits per heavy atom. The highest BCUT2D eigenvalue weighted by Gasteiger charge is 2.39. The zero-order valence-corrected chi connectivity index (χ0v) is 13.0. The average molecular weight is 379 g/mol. The zero-order chi connectivity index (χ0) is 15.1. The Morgan fingerprint density at radius 1 is 1.29 bits per heavy atom. The predicted molar refractivity (Wildman–Crippen MR) is 79.4 cm³/mol. The van der Waals surface area contributed by atoms with E-state index in [1.165, 1.54) is 0 Å². The second kappa shape index (κ2) is 5.75. The van der Waals surface area contributed by atoms with Crippen molar-refractivity contribution in [1.29, 1.82) is 0 Å². The molecule has 0 amide bonds. The van der Waals surface area contributed by atoms with Crippen molar-refractivity contribution in [3.8, 4) is 5.75 Å². The third-order valence-electron chi connectivity index (χ3n) is 3.40. The van der Waals surface area contributed by atoms with E-state index in [0.717, 1.165) is 5.52 Å². The number of rotatable bonds is 2. The van der Waals surface area contributed by atoms with Gasteiger partial charge in [0.25, 0.3) is 0 Å². The van der Waals surface area contributed by atoms with Gasteiger partial charge in [0.2, 0.25) is 6.29 Å². The SMILES string of the molecule is O[C@@H]1[C@@H](O)[C@@H](Oc2c[nH]c3ccc(Br)c(Cl)c23)OC[C@H]1O. The minimum absolute atomic E-state index is 0.122. The van der Waals surface area contributed by atoms with Crippen molar-refractivity contribution in [1.82, 2.24) is 4.98 Å². The Morgan fingerprint density at radius 2 is 2.05 bits per heavy atom. The highest BCUT2D eigenvalue weighted by molar-refractivity contribution is 9.10. The van der Waals surface area contributed by atoms with E-state index in [2.05, 4.69) is 20.9 Å². The minimum atomic E-state index is -1.36. The first-order chi connectivity index (χ1) is 9.99. The maximum Gasteiger partial charge on any atom is 0.229 e. The monoisotopic (exact) mass is 377 g/mol. The summed E-state index contributed by atoms with van der Waals surface area (Å²) >= 11 is 9.57. The average Bonchev–Trinajstić information content (AvgIpc) is 2.87. The predicted octanol–water partition coefficient (Wildman–Crippen LogP) is 1.40. The lowest BCUT2D eigenvalue weighted by molar-refractivity contribution is -0.241. The van der Waals surface area contributed by atoms with E-state index in [1.807, 2.05) is 6.07 Å².